The molecule has 3 rings (SSSR count). The molecule has 1 aromatic carbocycles. The summed E-state index contributed by atoms with van der Waals surface area (Å²) in [7, 11) is 0. The second-order valence-electron chi connectivity index (χ2n) is 6.04. The quantitative estimate of drug-likeness (QED) is 0.779. The molecule has 0 radical (unpaired) electrons. The first-order valence-electron chi connectivity index (χ1n) is 8.42. The van der Waals surface area contributed by atoms with Crippen molar-refractivity contribution in [2.75, 3.05) is 10.6 Å². The summed E-state index contributed by atoms with van der Waals surface area (Å²) in [5, 5.41) is 9.25. The van der Waals surface area contributed by atoms with Crippen molar-refractivity contribution in [1.29, 1.82) is 0 Å². The molecule has 1 saturated carbocycles. The number of rotatable bonds is 4. The molecule has 3 amide bonds. The fraction of sp³-hybridized carbons (Fsp3) is 0.471. The molecule has 0 unspecified atom stereocenters. The largest absolute Gasteiger partial charge is 0.335 e. The minimum absolute atomic E-state index is 0.0562. The summed E-state index contributed by atoms with van der Waals surface area (Å²) in [6.45, 7) is 1.80. The molecule has 7 heteroatoms. The smallest absolute Gasteiger partial charge is 0.319 e. The van der Waals surface area contributed by atoms with Crippen LogP contribution in [-0.2, 0) is 4.79 Å². The van der Waals surface area contributed by atoms with Crippen molar-refractivity contribution in [3.8, 4) is 0 Å². The van der Waals surface area contributed by atoms with Gasteiger partial charge < -0.3 is 16.0 Å². The van der Waals surface area contributed by atoms with E-state index in [1.165, 1.54) is 30.6 Å². The lowest BCUT2D eigenvalue weighted by Gasteiger charge is -2.22. The summed E-state index contributed by atoms with van der Waals surface area (Å²) in [5.41, 5.74) is 1.47. The third-order valence-electron chi connectivity index (χ3n) is 4.15. The van der Waals surface area contributed by atoms with E-state index in [1.807, 2.05) is 18.2 Å². The summed E-state index contributed by atoms with van der Waals surface area (Å²) < 4.78 is 0.972. The second-order valence-corrected chi connectivity index (χ2v) is 7.07. The Hall–Kier alpha value is -2.15. The SMILES string of the molecule is CCC(=O)Nc1nc2cc(NC(=O)NC3CCCCC3)ccc2s1. The van der Waals surface area contributed by atoms with Gasteiger partial charge >= 0.3 is 6.03 Å². The van der Waals surface area contributed by atoms with Crippen molar-refractivity contribution in [2.45, 2.75) is 51.5 Å². The van der Waals surface area contributed by atoms with Crippen LogP contribution in [0.3, 0.4) is 0 Å². The van der Waals surface area contributed by atoms with Crippen LogP contribution < -0.4 is 16.0 Å². The Kier molecular flexibility index (Phi) is 5.30. The Balaban J connectivity index is 1.64. The van der Waals surface area contributed by atoms with Gasteiger partial charge in [-0.2, -0.15) is 0 Å². The van der Waals surface area contributed by atoms with E-state index in [0.717, 1.165) is 23.1 Å². The number of nitrogens with one attached hydrogen (secondary N) is 3. The zero-order valence-corrected chi connectivity index (χ0v) is 14.5. The molecule has 1 fully saturated rings. The van der Waals surface area contributed by atoms with Crippen LogP contribution in [0.4, 0.5) is 15.6 Å². The maximum absolute atomic E-state index is 12.1. The number of anilines is 2. The Labute approximate surface area is 145 Å². The van der Waals surface area contributed by atoms with E-state index in [-0.39, 0.29) is 18.0 Å². The third kappa shape index (κ3) is 4.23. The molecule has 1 aliphatic carbocycles. The van der Waals surface area contributed by atoms with Crippen molar-refractivity contribution >= 4 is 44.3 Å². The molecule has 0 aliphatic heterocycles. The molecule has 1 aromatic heterocycles. The van der Waals surface area contributed by atoms with Gasteiger partial charge in [0.15, 0.2) is 5.13 Å². The lowest BCUT2D eigenvalue weighted by molar-refractivity contribution is -0.115. The van der Waals surface area contributed by atoms with Crippen molar-refractivity contribution in [2.24, 2.45) is 0 Å². The minimum Gasteiger partial charge on any atom is -0.335 e. The topological polar surface area (TPSA) is 83.1 Å². The Morgan fingerprint density at radius 3 is 2.75 bits per heavy atom. The Morgan fingerprint density at radius 2 is 2.00 bits per heavy atom. The van der Waals surface area contributed by atoms with Crippen LogP contribution in [-0.4, -0.2) is 23.0 Å². The minimum atomic E-state index is -0.170. The zero-order valence-electron chi connectivity index (χ0n) is 13.7. The maximum Gasteiger partial charge on any atom is 0.319 e. The molecule has 128 valence electrons. The molecule has 2 aromatic rings. The van der Waals surface area contributed by atoms with Gasteiger partial charge in [-0.15, -0.1) is 0 Å². The number of carbonyl (C=O) groups is 2. The number of benzene rings is 1. The highest BCUT2D eigenvalue weighted by atomic mass is 32.1. The molecule has 6 nitrogen and oxygen atoms in total. The van der Waals surface area contributed by atoms with Crippen LogP contribution in [0.2, 0.25) is 0 Å². The lowest BCUT2D eigenvalue weighted by Crippen LogP contribution is -2.38. The fourth-order valence-corrected chi connectivity index (χ4v) is 3.73. The van der Waals surface area contributed by atoms with E-state index in [2.05, 4.69) is 20.9 Å². The van der Waals surface area contributed by atoms with E-state index in [9.17, 15) is 9.59 Å². The van der Waals surface area contributed by atoms with E-state index < -0.39 is 0 Å². The first kappa shape index (κ1) is 16.7. The summed E-state index contributed by atoms with van der Waals surface area (Å²) in [4.78, 5) is 28.0. The van der Waals surface area contributed by atoms with Crippen molar-refractivity contribution in [3.05, 3.63) is 18.2 Å². The monoisotopic (exact) mass is 346 g/mol. The summed E-state index contributed by atoms with van der Waals surface area (Å²) in [6.07, 6.45) is 6.16. The van der Waals surface area contributed by atoms with Crippen LogP contribution in [0, 0.1) is 0 Å². The number of carbonyl (C=O) groups excluding carboxylic acids is 2. The number of hydrogen-bond acceptors (Lipinski definition) is 4. The second kappa shape index (κ2) is 7.61. The van der Waals surface area contributed by atoms with Crippen molar-refractivity contribution < 1.29 is 9.59 Å². The molecule has 0 saturated heterocycles. The molecule has 0 atom stereocenters. The first-order valence-corrected chi connectivity index (χ1v) is 9.23. The van der Waals surface area contributed by atoms with Gasteiger partial charge in [0.2, 0.25) is 5.91 Å². The first-order chi connectivity index (χ1) is 11.6. The van der Waals surface area contributed by atoms with Gasteiger partial charge in [-0.05, 0) is 31.0 Å². The van der Waals surface area contributed by atoms with Gasteiger partial charge in [0.1, 0.15) is 0 Å². The van der Waals surface area contributed by atoms with Gasteiger partial charge in [-0.25, -0.2) is 9.78 Å². The normalized spacial score (nSPS) is 15.2. The number of urea groups is 1. The van der Waals surface area contributed by atoms with Crippen molar-refractivity contribution in [3.63, 3.8) is 0 Å². The molecule has 1 aliphatic rings. The highest BCUT2D eigenvalue weighted by Crippen LogP contribution is 2.28. The highest BCUT2D eigenvalue weighted by molar-refractivity contribution is 7.22. The molecule has 0 bridgehead atoms. The highest BCUT2D eigenvalue weighted by Gasteiger charge is 2.16. The fourth-order valence-electron chi connectivity index (χ4n) is 2.87. The number of fused-ring (bicyclic) bond motifs is 1. The van der Waals surface area contributed by atoms with Crippen molar-refractivity contribution in [1.82, 2.24) is 10.3 Å². The molecular formula is C17H22N4O2S. The average Bonchev–Trinajstić information content (AvgIpc) is 2.97. The summed E-state index contributed by atoms with van der Waals surface area (Å²) in [5.74, 6) is -0.0562. The van der Waals surface area contributed by atoms with E-state index >= 15 is 0 Å². The van der Waals surface area contributed by atoms with Crippen LogP contribution in [0.1, 0.15) is 45.4 Å². The number of hydrogen-bond donors (Lipinski definition) is 3. The van der Waals surface area contributed by atoms with Gasteiger partial charge in [-0.3, -0.25) is 4.79 Å². The Morgan fingerprint density at radius 1 is 1.21 bits per heavy atom. The predicted octanol–water partition coefficient (Wildman–Crippen LogP) is 4.10. The molecule has 3 N–H and O–H groups in total. The zero-order chi connectivity index (χ0) is 16.9. The predicted molar refractivity (Wildman–Crippen MR) is 97.6 cm³/mol. The third-order valence-corrected chi connectivity index (χ3v) is 5.11. The molecular weight excluding hydrogens is 324 g/mol. The number of aromatic nitrogens is 1. The lowest BCUT2D eigenvalue weighted by atomic mass is 9.96. The van der Waals surface area contributed by atoms with Gasteiger partial charge in [0.05, 0.1) is 10.2 Å². The molecule has 1 heterocycles. The molecule has 0 spiro atoms. The van der Waals surface area contributed by atoms with Gasteiger partial charge in [0, 0.05) is 18.2 Å². The standard InChI is InChI=1S/C17H22N4O2S/c1-2-15(22)21-17-20-13-10-12(8-9-14(13)24-17)19-16(23)18-11-6-4-3-5-7-11/h8-11H,2-7H2,1H3,(H2,18,19,23)(H,20,21,22). The summed E-state index contributed by atoms with van der Waals surface area (Å²) in [6, 6.07) is 5.69. The maximum atomic E-state index is 12.1. The van der Waals surface area contributed by atoms with Gasteiger partial charge in [0.25, 0.3) is 0 Å². The van der Waals surface area contributed by atoms with E-state index in [4.69, 9.17) is 0 Å². The number of thiazole rings is 1. The van der Waals surface area contributed by atoms with Crippen LogP contribution in [0.25, 0.3) is 10.2 Å². The number of amides is 3. The summed E-state index contributed by atoms with van der Waals surface area (Å²) >= 11 is 1.43. The Bertz CT molecular complexity index is 737. The van der Waals surface area contributed by atoms with E-state index in [1.54, 1.807) is 6.92 Å². The average molecular weight is 346 g/mol. The van der Waals surface area contributed by atoms with E-state index in [0.29, 0.717) is 17.2 Å². The van der Waals surface area contributed by atoms with Crippen LogP contribution in [0.15, 0.2) is 18.2 Å². The number of nitrogens with zero attached hydrogens (tertiary/aromatic N) is 1. The molecule has 24 heavy (non-hydrogen) atoms. The van der Waals surface area contributed by atoms with Gasteiger partial charge in [-0.1, -0.05) is 37.5 Å². The van der Waals surface area contributed by atoms with Crippen LogP contribution >= 0.6 is 11.3 Å². The van der Waals surface area contributed by atoms with Crippen LogP contribution in [0.5, 0.6) is 0 Å².